The van der Waals surface area contributed by atoms with Gasteiger partial charge in [-0.15, -0.1) is 0 Å². The molecule has 5 rings (SSSR count). The van der Waals surface area contributed by atoms with E-state index in [4.69, 9.17) is 17.0 Å². The summed E-state index contributed by atoms with van der Waals surface area (Å²) in [5.41, 5.74) is 2.11. The van der Waals surface area contributed by atoms with E-state index in [1.54, 1.807) is 19.3 Å². The molecule has 0 amide bonds. The van der Waals surface area contributed by atoms with Crippen LogP contribution < -0.4 is 0 Å². The predicted octanol–water partition coefficient (Wildman–Crippen LogP) is 8.60. The summed E-state index contributed by atoms with van der Waals surface area (Å²) in [4.78, 5) is 3.00. The van der Waals surface area contributed by atoms with Gasteiger partial charge in [-0.25, -0.2) is 0 Å². The molecule has 1 saturated heterocycles. The van der Waals surface area contributed by atoms with Crippen LogP contribution in [0.3, 0.4) is 0 Å². The Balaban J connectivity index is 0.000000645. The summed E-state index contributed by atoms with van der Waals surface area (Å²) in [6.07, 6.45) is 15.2. The van der Waals surface area contributed by atoms with E-state index in [1.807, 2.05) is 5.92 Å². The Morgan fingerprint density at radius 1 is 0.935 bits per heavy atom. The standard InChI is InChI=1S/C25H44NSi.CH3.2ClH.Zr/c1-16-13-14-21-20(15-16)23-18-10-6-7-11-19(18)25(24(23)26(21)3)27(4,5)22-12-8-9-17(22)2;;;;/h16,18-25H,6-15H2,1-5H3;1H3;2*1H;/q2*-1;;;+4/p-2. The van der Waals surface area contributed by atoms with Crippen LogP contribution >= 0.6 is 17.0 Å². The maximum absolute atomic E-state index is 4.93. The van der Waals surface area contributed by atoms with Gasteiger partial charge in [0.15, 0.2) is 0 Å². The van der Waals surface area contributed by atoms with Crippen LogP contribution in [-0.4, -0.2) is 32.1 Å². The summed E-state index contributed by atoms with van der Waals surface area (Å²) in [6.45, 7) is 10.7. The number of likely N-dealkylation sites (tertiary alicyclic amines) is 1. The van der Waals surface area contributed by atoms with Crippen LogP contribution in [0.1, 0.15) is 78.1 Å². The summed E-state index contributed by atoms with van der Waals surface area (Å²) in [6, 6.07) is 1.88. The molecular weight excluding hydrogens is 517 g/mol. The Bertz CT molecular complexity index is 590. The average Bonchev–Trinajstić information content (AvgIpc) is 3.36. The molecule has 31 heavy (non-hydrogen) atoms. The van der Waals surface area contributed by atoms with Gasteiger partial charge in [-0.1, -0.05) is 52.1 Å². The SMILES string of the molecule is C[C-]1CCCC1[Si](C)(C)C1C2CCCCC2C2C3CC(C)CCC3N(C)C21.[CH3-].[Cl][Zr+2][Cl]. The topological polar surface area (TPSA) is 3.24 Å². The Kier molecular flexibility index (Phi) is 9.78. The Hall–Kier alpha value is 1.64. The first-order valence-corrected chi connectivity index (χ1v) is 22.3. The van der Waals surface area contributed by atoms with Crippen LogP contribution in [0.15, 0.2) is 0 Å². The molecule has 1 nitrogen and oxygen atoms in total. The summed E-state index contributed by atoms with van der Waals surface area (Å²) >= 11 is -0.826. The predicted molar refractivity (Wildman–Crippen MR) is 137 cm³/mol. The number of fused-ring (bicyclic) bond motifs is 5. The van der Waals surface area contributed by atoms with E-state index < -0.39 is 28.9 Å². The van der Waals surface area contributed by atoms with Crippen molar-refractivity contribution in [1.29, 1.82) is 0 Å². The fourth-order valence-corrected chi connectivity index (χ4v) is 15.4. The van der Waals surface area contributed by atoms with Crippen LogP contribution in [0.25, 0.3) is 0 Å². The van der Waals surface area contributed by atoms with E-state index in [-0.39, 0.29) is 7.43 Å². The van der Waals surface area contributed by atoms with Crippen molar-refractivity contribution in [3.63, 3.8) is 0 Å². The summed E-state index contributed by atoms with van der Waals surface area (Å²) in [7, 11) is 11.1. The molecule has 4 saturated carbocycles. The van der Waals surface area contributed by atoms with Crippen LogP contribution in [0, 0.1) is 42.9 Å². The van der Waals surface area contributed by atoms with Gasteiger partial charge in [0, 0.05) is 20.2 Å². The quantitative estimate of drug-likeness (QED) is 0.240. The van der Waals surface area contributed by atoms with Gasteiger partial charge in [-0.2, -0.15) is 18.9 Å². The fourth-order valence-electron chi connectivity index (χ4n) is 9.74. The van der Waals surface area contributed by atoms with Crippen molar-refractivity contribution < 1.29 is 20.8 Å². The first-order chi connectivity index (χ1) is 14.3. The molecule has 0 spiro atoms. The van der Waals surface area contributed by atoms with Crippen LogP contribution in [0.4, 0.5) is 0 Å². The molecule has 0 aromatic carbocycles. The first kappa shape index (κ1) is 27.2. The first-order valence-electron chi connectivity index (χ1n) is 12.8. The van der Waals surface area contributed by atoms with Crippen molar-refractivity contribution in [3.8, 4) is 0 Å². The van der Waals surface area contributed by atoms with Crippen molar-refractivity contribution >= 4 is 25.1 Å². The molecule has 5 heteroatoms. The molecule has 0 N–H and O–H groups in total. The molecule has 0 aromatic rings. The van der Waals surface area contributed by atoms with E-state index in [0.29, 0.717) is 0 Å². The molecular formula is C26H47Cl2NSiZr. The van der Waals surface area contributed by atoms with Gasteiger partial charge in [0.2, 0.25) is 0 Å². The number of rotatable bonds is 2. The maximum atomic E-state index is 4.93. The van der Waals surface area contributed by atoms with E-state index in [2.05, 4.69) is 38.9 Å². The van der Waals surface area contributed by atoms with Crippen molar-refractivity contribution in [2.24, 2.45) is 29.6 Å². The average molecular weight is 564 g/mol. The van der Waals surface area contributed by atoms with Crippen molar-refractivity contribution in [2.45, 2.75) is 114 Å². The zero-order valence-corrected chi connectivity index (χ0v) is 25.9. The second kappa shape index (κ2) is 11.1. The summed E-state index contributed by atoms with van der Waals surface area (Å²) in [5.74, 6) is 7.16. The molecule has 9 unspecified atom stereocenters. The number of nitrogens with zero attached hydrogens (tertiary/aromatic N) is 1. The van der Waals surface area contributed by atoms with Crippen molar-refractivity contribution in [1.82, 2.24) is 4.90 Å². The van der Waals surface area contributed by atoms with Gasteiger partial charge in [-0.3, -0.25) is 4.90 Å². The zero-order valence-electron chi connectivity index (χ0n) is 21.0. The molecule has 178 valence electrons. The second-order valence-corrected chi connectivity index (χ2v) is 20.9. The van der Waals surface area contributed by atoms with E-state index in [1.165, 1.54) is 44.9 Å². The molecule has 9 atom stereocenters. The molecule has 0 radical (unpaired) electrons. The number of hydrogen-bond donors (Lipinski definition) is 0. The zero-order chi connectivity index (χ0) is 21.6. The Morgan fingerprint density at radius 3 is 2.19 bits per heavy atom. The molecule has 5 aliphatic rings. The third-order valence-corrected chi connectivity index (χ3v) is 15.7. The van der Waals surface area contributed by atoms with Gasteiger partial charge >= 0.3 is 37.9 Å². The second-order valence-electron chi connectivity index (χ2n) is 12.2. The number of hydrogen-bond acceptors (Lipinski definition) is 1. The van der Waals surface area contributed by atoms with Crippen molar-refractivity contribution in [2.75, 3.05) is 7.05 Å². The molecule has 4 aliphatic carbocycles. The van der Waals surface area contributed by atoms with Gasteiger partial charge in [0.1, 0.15) is 0 Å². The monoisotopic (exact) mass is 561 g/mol. The molecule has 0 bridgehead atoms. The van der Waals surface area contributed by atoms with E-state index >= 15 is 0 Å². The summed E-state index contributed by atoms with van der Waals surface area (Å²) in [5, 5.41) is 0. The van der Waals surface area contributed by atoms with Crippen molar-refractivity contribution in [3.05, 3.63) is 13.3 Å². The van der Waals surface area contributed by atoms with Crippen LogP contribution in [0.2, 0.25) is 24.2 Å². The molecule has 0 aromatic heterocycles. The van der Waals surface area contributed by atoms with Gasteiger partial charge in [0.05, 0.1) is 0 Å². The third-order valence-electron chi connectivity index (χ3n) is 10.6. The van der Waals surface area contributed by atoms with Gasteiger partial charge < -0.3 is 13.3 Å². The molecule has 1 aliphatic heterocycles. The molecule has 5 fully saturated rings. The third kappa shape index (κ3) is 4.86. The van der Waals surface area contributed by atoms with Crippen LogP contribution in [-0.2, 0) is 20.8 Å². The minimum atomic E-state index is -1.30. The summed E-state index contributed by atoms with van der Waals surface area (Å²) < 4.78 is 0. The normalized spacial score (nSPS) is 44.9. The number of halogens is 2. The fraction of sp³-hybridized carbons (Fsp3) is 0.923. The minimum absolute atomic E-state index is 0. The van der Waals surface area contributed by atoms with Gasteiger partial charge in [-0.05, 0) is 67.9 Å². The van der Waals surface area contributed by atoms with E-state index in [9.17, 15) is 0 Å². The molecule has 1 heterocycles. The van der Waals surface area contributed by atoms with Gasteiger partial charge in [0.25, 0.3) is 0 Å². The Labute approximate surface area is 213 Å². The van der Waals surface area contributed by atoms with Crippen LogP contribution in [0.5, 0.6) is 0 Å². The Morgan fingerprint density at radius 2 is 1.58 bits per heavy atom. The van der Waals surface area contributed by atoms with E-state index in [0.717, 1.165) is 52.8 Å².